The second kappa shape index (κ2) is 5.55. The molecular weight excluding hydrogens is 248 g/mol. The molecule has 0 bridgehead atoms. The number of amides is 1. The number of thioether (sulfide) groups is 1. The molecule has 2 rings (SSSR count). The van der Waals surface area contributed by atoms with Crippen LogP contribution in [0, 0.1) is 5.41 Å². The van der Waals surface area contributed by atoms with Crippen LogP contribution in [0.15, 0.2) is 53.1 Å². The van der Waals surface area contributed by atoms with Crippen molar-refractivity contribution in [3.63, 3.8) is 0 Å². The molecule has 0 fully saturated rings. The van der Waals surface area contributed by atoms with Crippen molar-refractivity contribution in [1.82, 2.24) is 0 Å². The zero-order chi connectivity index (χ0) is 13.0. The van der Waals surface area contributed by atoms with Crippen LogP contribution in [-0.2, 0) is 0 Å². The standard InChI is InChI=1S/C13H12N2O2S/c1-18-13(14)15(10-6-3-2-4-7-10)12(16)11-8-5-9-17-11/h2-9,14H,1H3. The van der Waals surface area contributed by atoms with Crippen LogP contribution in [0.2, 0.25) is 0 Å². The van der Waals surface area contributed by atoms with Gasteiger partial charge in [-0.1, -0.05) is 30.0 Å². The van der Waals surface area contributed by atoms with Crippen LogP contribution in [0.25, 0.3) is 0 Å². The quantitative estimate of drug-likeness (QED) is 0.666. The molecule has 18 heavy (non-hydrogen) atoms. The molecule has 5 heteroatoms. The Bertz CT molecular complexity index is 537. The Kier molecular flexibility index (Phi) is 3.84. The summed E-state index contributed by atoms with van der Waals surface area (Å²) in [5.41, 5.74) is 0.651. The normalized spacial score (nSPS) is 10.1. The summed E-state index contributed by atoms with van der Waals surface area (Å²) in [6.45, 7) is 0. The van der Waals surface area contributed by atoms with Gasteiger partial charge < -0.3 is 4.42 Å². The third kappa shape index (κ3) is 2.46. The van der Waals surface area contributed by atoms with Gasteiger partial charge >= 0.3 is 0 Å². The first-order valence-electron chi connectivity index (χ1n) is 5.29. The van der Waals surface area contributed by atoms with Crippen molar-refractivity contribution in [2.75, 3.05) is 11.2 Å². The minimum Gasteiger partial charge on any atom is -0.459 e. The lowest BCUT2D eigenvalue weighted by Gasteiger charge is -2.20. The number of furan rings is 1. The number of amidine groups is 1. The van der Waals surface area contributed by atoms with E-state index in [0.717, 1.165) is 0 Å². The van der Waals surface area contributed by atoms with Crippen LogP contribution in [0.5, 0.6) is 0 Å². The molecule has 1 heterocycles. The van der Waals surface area contributed by atoms with E-state index in [0.29, 0.717) is 5.69 Å². The number of carbonyl (C=O) groups is 1. The number of carbonyl (C=O) groups excluding carboxylic acids is 1. The van der Waals surface area contributed by atoms with E-state index in [-0.39, 0.29) is 16.8 Å². The lowest BCUT2D eigenvalue weighted by atomic mass is 10.3. The summed E-state index contributed by atoms with van der Waals surface area (Å²) in [4.78, 5) is 13.6. The number of benzene rings is 1. The Labute approximate surface area is 109 Å². The van der Waals surface area contributed by atoms with Crippen molar-refractivity contribution in [2.45, 2.75) is 0 Å². The van der Waals surface area contributed by atoms with Gasteiger partial charge in [0.05, 0.1) is 12.0 Å². The molecule has 1 amide bonds. The van der Waals surface area contributed by atoms with Gasteiger partial charge in [-0.2, -0.15) is 0 Å². The van der Waals surface area contributed by atoms with Crippen LogP contribution in [-0.4, -0.2) is 17.3 Å². The van der Waals surface area contributed by atoms with Gasteiger partial charge in [-0.15, -0.1) is 0 Å². The Hall–Kier alpha value is -2.01. The van der Waals surface area contributed by atoms with Gasteiger partial charge in [-0.3, -0.25) is 15.1 Å². The molecule has 0 radical (unpaired) electrons. The molecule has 4 nitrogen and oxygen atoms in total. The smallest absolute Gasteiger partial charge is 0.300 e. The molecule has 0 aliphatic heterocycles. The molecule has 92 valence electrons. The van der Waals surface area contributed by atoms with Crippen molar-refractivity contribution in [1.29, 1.82) is 5.41 Å². The molecule has 0 saturated carbocycles. The predicted molar refractivity (Wildman–Crippen MR) is 73.2 cm³/mol. The first kappa shape index (κ1) is 12.4. The minimum absolute atomic E-state index is 0.155. The van der Waals surface area contributed by atoms with Gasteiger partial charge in [-0.05, 0) is 30.5 Å². The van der Waals surface area contributed by atoms with E-state index in [1.807, 2.05) is 18.2 Å². The number of para-hydroxylation sites is 1. The van der Waals surface area contributed by atoms with Gasteiger partial charge in [0, 0.05) is 0 Å². The van der Waals surface area contributed by atoms with Gasteiger partial charge in [0.1, 0.15) is 0 Å². The largest absolute Gasteiger partial charge is 0.459 e. The van der Waals surface area contributed by atoms with Crippen molar-refractivity contribution >= 4 is 28.5 Å². The van der Waals surface area contributed by atoms with Crippen LogP contribution in [0.3, 0.4) is 0 Å². The van der Waals surface area contributed by atoms with E-state index in [1.54, 1.807) is 30.5 Å². The third-order valence-electron chi connectivity index (χ3n) is 2.35. The maximum absolute atomic E-state index is 12.3. The van der Waals surface area contributed by atoms with Gasteiger partial charge in [0.25, 0.3) is 5.91 Å². The topological polar surface area (TPSA) is 57.3 Å². The Balaban J connectivity index is 2.38. The van der Waals surface area contributed by atoms with Crippen LogP contribution >= 0.6 is 11.8 Å². The van der Waals surface area contributed by atoms with Crippen LogP contribution in [0.1, 0.15) is 10.6 Å². The highest BCUT2D eigenvalue weighted by molar-refractivity contribution is 8.13. The molecule has 0 spiro atoms. The zero-order valence-electron chi connectivity index (χ0n) is 9.79. The van der Waals surface area contributed by atoms with E-state index < -0.39 is 0 Å². The minimum atomic E-state index is -0.342. The highest BCUT2D eigenvalue weighted by atomic mass is 32.2. The average molecular weight is 260 g/mol. The Morgan fingerprint density at radius 2 is 1.94 bits per heavy atom. The zero-order valence-corrected chi connectivity index (χ0v) is 10.6. The van der Waals surface area contributed by atoms with Gasteiger partial charge in [0.15, 0.2) is 10.9 Å². The fourth-order valence-corrected chi connectivity index (χ4v) is 1.88. The molecular formula is C13H12N2O2S. The molecule has 0 saturated heterocycles. The maximum atomic E-state index is 12.3. The first-order valence-corrected chi connectivity index (χ1v) is 6.52. The van der Waals surface area contributed by atoms with E-state index in [4.69, 9.17) is 9.83 Å². The number of anilines is 1. The first-order chi connectivity index (χ1) is 8.74. The predicted octanol–water partition coefficient (Wildman–Crippen LogP) is 3.22. The highest BCUT2D eigenvalue weighted by Crippen LogP contribution is 2.20. The number of hydrogen-bond donors (Lipinski definition) is 1. The monoisotopic (exact) mass is 260 g/mol. The summed E-state index contributed by atoms with van der Waals surface area (Å²) in [5.74, 6) is -0.122. The summed E-state index contributed by atoms with van der Waals surface area (Å²) < 4.78 is 5.10. The number of nitrogens with zero attached hydrogens (tertiary/aromatic N) is 1. The molecule has 1 N–H and O–H groups in total. The lowest BCUT2D eigenvalue weighted by molar-refractivity contribution is 0.0976. The Morgan fingerprint density at radius 3 is 2.50 bits per heavy atom. The van der Waals surface area contributed by atoms with Crippen molar-refractivity contribution in [2.24, 2.45) is 0 Å². The summed E-state index contributed by atoms with van der Waals surface area (Å²) in [5, 5.41) is 8.05. The van der Waals surface area contributed by atoms with E-state index in [2.05, 4.69) is 0 Å². The second-order valence-electron chi connectivity index (χ2n) is 3.46. The van der Waals surface area contributed by atoms with Crippen LogP contribution in [0.4, 0.5) is 5.69 Å². The van der Waals surface area contributed by atoms with E-state index in [9.17, 15) is 4.79 Å². The van der Waals surface area contributed by atoms with E-state index in [1.165, 1.54) is 22.9 Å². The summed E-state index contributed by atoms with van der Waals surface area (Å²) in [7, 11) is 0. The fourth-order valence-electron chi connectivity index (χ4n) is 1.51. The summed E-state index contributed by atoms with van der Waals surface area (Å²) in [6.07, 6.45) is 3.20. The third-order valence-corrected chi connectivity index (χ3v) is 2.92. The molecule has 0 aliphatic rings. The molecule has 2 aromatic rings. The van der Waals surface area contributed by atoms with Crippen LogP contribution < -0.4 is 4.90 Å². The Morgan fingerprint density at radius 1 is 1.22 bits per heavy atom. The average Bonchev–Trinajstić information content (AvgIpc) is 2.94. The number of hydrogen-bond acceptors (Lipinski definition) is 4. The molecule has 1 aromatic carbocycles. The lowest BCUT2D eigenvalue weighted by Crippen LogP contribution is -2.34. The fraction of sp³-hybridized carbons (Fsp3) is 0.0769. The molecule has 0 atom stereocenters. The maximum Gasteiger partial charge on any atom is 0.300 e. The van der Waals surface area contributed by atoms with Gasteiger partial charge in [0.2, 0.25) is 0 Å². The number of nitrogens with one attached hydrogen (secondary N) is 1. The van der Waals surface area contributed by atoms with E-state index >= 15 is 0 Å². The molecule has 0 aliphatic carbocycles. The van der Waals surface area contributed by atoms with Crippen molar-refractivity contribution in [3.8, 4) is 0 Å². The summed E-state index contributed by atoms with van der Waals surface area (Å²) in [6, 6.07) is 12.3. The number of rotatable bonds is 2. The van der Waals surface area contributed by atoms with Gasteiger partial charge in [-0.25, -0.2) is 0 Å². The second-order valence-corrected chi connectivity index (χ2v) is 4.26. The van der Waals surface area contributed by atoms with Crippen molar-refractivity contribution in [3.05, 3.63) is 54.5 Å². The molecule has 1 aromatic heterocycles. The summed E-state index contributed by atoms with van der Waals surface area (Å²) >= 11 is 1.20. The molecule has 0 unspecified atom stereocenters. The SMILES string of the molecule is CSC(=N)N(C(=O)c1ccco1)c1ccccc1. The van der Waals surface area contributed by atoms with Crippen molar-refractivity contribution < 1.29 is 9.21 Å². The highest BCUT2D eigenvalue weighted by Gasteiger charge is 2.23.